The van der Waals surface area contributed by atoms with E-state index < -0.39 is 23.3 Å². The zero-order chi connectivity index (χ0) is 18.0. The molecule has 0 aliphatic heterocycles. The first-order chi connectivity index (χ1) is 11.2. The number of fused-ring (bicyclic) bond motifs is 1. The van der Waals surface area contributed by atoms with E-state index in [1.54, 1.807) is 0 Å². The summed E-state index contributed by atoms with van der Waals surface area (Å²) in [6, 6.07) is 0. The highest BCUT2D eigenvalue weighted by atomic mass is 16.3. The van der Waals surface area contributed by atoms with E-state index in [4.69, 9.17) is 0 Å². The second-order valence-electron chi connectivity index (χ2n) is 5.61. The van der Waals surface area contributed by atoms with E-state index in [1.807, 2.05) is 0 Å². The summed E-state index contributed by atoms with van der Waals surface area (Å²) in [7, 11) is 2.86. The van der Waals surface area contributed by atoms with Crippen LogP contribution < -0.4 is 16.6 Å². The Morgan fingerprint density at radius 2 is 1.96 bits per heavy atom. The van der Waals surface area contributed by atoms with E-state index in [0.29, 0.717) is 0 Å². The molecular weight excluding hydrogens is 318 g/mol. The van der Waals surface area contributed by atoms with Crippen LogP contribution in [0.4, 0.5) is 0 Å². The van der Waals surface area contributed by atoms with Crippen molar-refractivity contribution in [3.8, 4) is 0 Å². The predicted molar refractivity (Wildman–Crippen MR) is 84.5 cm³/mol. The lowest BCUT2D eigenvalue weighted by Gasteiger charge is -2.13. The second kappa shape index (κ2) is 6.79. The Kier molecular flexibility index (Phi) is 4.98. The van der Waals surface area contributed by atoms with Crippen LogP contribution in [0.25, 0.3) is 11.2 Å². The van der Waals surface area contributed by atoms with Gasteiger partial charge in [-0.15, -0.1) is 0 Å². The van der Waals surface area contributed by atoms with E-state index in [-0.39, 0.29) is 36.5 Å². The third kappa shape index (κ3) is 3.43. The fraction of sp³-hybridized carbons (Fsp3) is 0.500. The summed E-state index contributed by atoms with van der Waals surface area (Å²) in [5.74, 6) is -0.748. The van der Waals surface area contributed by atoms with Gasteiger partial charge in [0, 0.05) is 20.6 Å². The zero-order valence-corrected chi connectivity index (χ0v) is 13.6. The SMILES string of the molecule is CC(=O)CC(=O)NCC(O)Cn1cnc2c1c(=O)n(C)c(=O)n2C. The first-order valence-corrected chi connectivity index (χ1v) is 7.27. The molecule has 0 bridgehead atoms. The minimum atomic E-state index is -0.986. The van der Waals surface area contributed by atoms with Crippen LogP contribution in [0, 0.1) is 0 Å². The van der Waals surface area contributed by atoms with E-state index in [1.165, 1.54) is 36.5 Å². The number of nitrogens with one attached hydrogen (secondary N) is 1. The maximum absolute atomic E-state index is 12.3. The van der Waals surface area contributed by atoms with Gasteiger partial charge in [0.1, 0.15) is 5.78 Å². The molecule has 0 aromatic carbocycles. The van der Waals surface area contributed by atoms with Crippen molar-refractivity contribution in [1.82, 2.24) is 24.0 Å². The van der Waals surface area contributed by atoms with Crippen LogP contribution >= 0.6 is 0 Å². The zero-order valence-electron chi connectivity index (χ0n) is 13.6. The number of imidazole rings is 1. The van der Waals surface area contributed by atoms with Crippen LogP contribution in [-0.2, 0) is 30.2 Å². The number of carbonyl (C=O) groups excluding carboxylic acids is 2. The lowest BCUT2D eigenvalue weighted by atomic mass is 10.3. The summed E-state index contributed by atoms with van der Waals surface area (Å²) in [5.41, 5.74) is -0.599. The molecule has 10 heteroatoms. The van der Waals surface area contributed by atoms with Gasteiger partial charge in [-0.3, -0.25) is 23.5 Å². The van der Waals surface area contributed by atoms with Crippen LogP contribution in [0.5, 0.6) is 0 Å². The number of Topliss-reactive ketones (excluding diaryl/α,β-unsaturated/α-hetero) is 1. The van der Waals surface area contributed by atoms with Gasteiger partial charge in [0.15, 0.2) is 11.2 Å². The molecule has 0 saturated heterocycles. The number of aliphatic hydroxyl groups is 1. The monoisotopic (exact) mass is 337 g/mol. The minimum Gasteiger partial charge on any atom is -0.389 e. The largest absolute Gasteiger partial charge is 0.389 e. The molecule has 2 aromatic rings. The average molecular weight is 337 g/mol. The number of aromatic nitrogens is 4. The van der Waals surface area contributed by atoms with Gasteiger partial charge in [-0.2, -0.15) is 0 Å². The number of hydrogen-bond acceptors (Lipinski definition) is 6. The van der Waals surface area contributed by atoms with E-state index in [2.05, 4.69) is 10.3 Å². The lowest BCUT2D eigenvalue weighted by molar-refractivity contribution is -0.127. The van der Waals surface area contributed by atoms with Crippen LogP contribution in [0.2, 0.25) is 0 Å². The number of aryl methyl sites for hydroxylation is 1. The highest BCUT2D eigenvalue weighted by Gasteiger charge is 2.16. The summed E-state index contributed by atoms with van der Waals surface area (Å²) >= 11 is 0. The molecule has 2 heterocycles. The molecule has 2 N–H and O–H groups in total. The number of amides is 1. The summed E-state index contributed by atoms with van der Waals surface area (Å²) < 4.78 is 3.63. The van der Waals surface area contributed by atoms with Crippen molar-refractivity contribution in [3.63, 3.8) is 0 Å². The highest BCUT2D eigenvalue weighted by molar-refractivity contribution is 5.96. The molecule has 0 spiro atoms. The average Bonchev–Trinajstić information content (AvgIpc) is 2.92. The molecule has 2 aromatic heterocycles. The number of hydrogen-bond donors (Lipinski definition) is 2. The van der Waals surface area contributed by atoms with Crippen molar-refractivity contribution in [3.05, 3.63) is 27.2 Å². The Hall–Kier alpha value is -2.75. The number of ketones is 1. The van der Waals surface area contributed by atoms with E-state index in [0.717, 1.165) is 4.57 Å². The van der Waals surface area contributed by atoms with Crippen LogP contribution in [0.3, 0.4) is 0 Å². The number of carbonyl (C=O) groups is 2. The Balaban J connectivity index is 2.19. The maximum atomic E-state index is 12.3. The normalized spacial score (nSPS) is 12.3. The Morgan fingerprint density at radius 1 is 1.29 bits per heavy atom. The summed E-state index contributed by atoms with van der Waals surface area (Å²) in [6.07, 6.45) is 0.121. The predicted octanol–water partition coefficient (Wildman–Crippen LogP) is -2.11. The lowest BCUT2D eigenvalue weighted by Crippen LogP contribution is -2.38. The van der Waals surface area contributed by atoms with Gasteiger partial charge in [0.2, 0.25) is 5.91 Å². The van der Waals surface area contributed by atoms with Crippen LogP contribution in [0.1, 0.15) is 13.3 Å². The third-order valence-corrected chi connectivity index (χ3v) is 3.57. The topological polar surface area (TPSA) is 128 Å². The Labute approximate surface area is 136 Å². The second-order valence-corrected chi connectivity index (χ2v) is 5.61. The van der Waals surface area contributed by atoms with Crippen molar-refractivity contribution in [2.75, 3.05) is 6.54 Å². The van der Waals surface area contributed by atoms with Gasteiger partial charge in [-0.05, 0) is 6.92 Å². The fourth-order valence-electron chi connectivity index (χ4n) is 2.35. The van der Waals surface area contributed by atoms with E-state index in [9.17, 15) is 24.3 Å². The van der Waals surface area contributed by atoms with Crippen LogP contribution in [-0.4, -0.2) is 48.1 Å². The van der Waals surface area contributed by atoms with Gasteiger partial charge in [0.05, 0.1) is 25.4 Å². The van der Waals surface area contributed by atoms with Gasteiger partial charge < -0.3 is 15.0 Å². The molecular formula is C14H19N5O5. The molecule has 1 amide bonds. The number of rotatable bonds is 6. The molecule has 0 aliphatic rings. The number of aliphatic hydroxyl groups excluding tert-OH is 1. The molecule has 0 saturated carbocycles. The van der Waals surface area contributed by atoms with Crippen molar-refractivity contribution < 1.29 is 14.7 Å². The quantitative estimate of drug-likeness (QED) is 0.581. The molecule has 2 rings (SSSR count). The molecule has 0 aliphatic carbocycles. The van der Waals surface area contributed by atoms with Crippen molar-refractivity contribution in [2.24, 2.45) is 14.1 Å². The van der Waals surface area contributed by atoms with E-state index >= 15 is 0 Å². The first-order valence-electron chi connectivity index (χ1n) is 7.27. The fourth-order valence-corrected chi connectivity index (χ4v) is 2.35. The molecule has 0 radical (unpaired) electrons. The molecule has 1 atom stereocenters. The van der Waals surface area contributed by atoms with Crippen molar-refractivity contribution in [1.29, 1.82) is 0 Å². The van der Waals surface area contributed by atoms with Crippen molar-refractivity contribution in [2.45, 2.75) is 26.0 Å². The molecule has 130 valence electrons. The van der Waals surface area contributed by atoms with Crippen molar-refractivity contribution >= 4 is 22.9 Å². The summed E-state index contributed by atoms with van der Waals surface area (Å²) in [6.45, 7) is 1.23. The molecule has 24 heavy (non-hydrogen) atoms. The summed E-state index contributed by atoms with van der Waals surface area (Å²) in [5, 5.41) is 12.5. The van der Waals surface area contributed by atoms with Gasteiger partial charge in [-0.1, -0.05) is 0 Å². The van der Waals surface area contributed by atoms with Gasteiger partial charge in [0.25, 0.3) is 5.56 Å². The van der Waals surface area contributed by atoms with Gasteiger partial charge >= 0.3 is 5.69 Å². The van der Waals surface area contributed by atoms with Crippen LogP contribution in [0.15, 0.2) is 15.9 Å². The van der Waals surface area contributed by atoms with Gasteiger partial charge in [-0.25, -0.2) is 9.78 Å². The Bertz CT molecular complexity index is 907. The highest BCUT2D eigenvalue weighted by Crippen LogP contribution is 2.06. The first kappa shape index (κ1) is 17.6. The maximum Gasteiger partial charge on any atom is 0.332 e. The number of nitrogens with zero attached hydrogens (tertiary/aromatic N) is 4. The molecule has 0 fully saturated rings. The minimum absolute atomic E-state index is 0.00426. The Morgan fingerprint density at radius 3 is 2.58 bits per heavy atom. The molecule has 10 nitrogen and oxygen atoms in total. The summed E-state index contributed by atoms with van der Waals surface area (Å²) in [4.78, 5) is 50.4. The third-order valence-electron chi connectivity index (χ3n) is 3.57. The molecule has 1 unspecified atom stereocenters. The standard InChI is InChI=1S/C14H19N5O5/c1-8(20)4-10(22)15-5-9(21)6-19-7-16-12-11(19)13(23)18(3)14(24)17(12)2/h7,9,21H,4-6H2,1-3H3,(H,15,22). The smallest absolute Gasteiger partial charge is 0.332 e.